The summed E-state index contributed by atoms with van der Waals surface area (Å²) in [6.45, 7) is 1.48. The van der Waals surface area contributed by atoms with Gasteiger partial charge in [-0.05, 0) is 18.6 Å². The molecular weight excluding hydrogens is 232 g/mol. The van der Waals surface area contributed by atoms with Crippen LogP contribution in [0.1, 0.15) is 18.0 Å². The number of nitrogens with one attached hydrogen (secondary N) is 1. The Bertz CT molecular complexity index is 370. The topological polar surface area (TPSA) is 65.7 Å². The highest BCUT2D eigenvalue weighted by molar-refractivity contribution is 5.47. The van der Waals surface area contributed by atoms with E-state index in [2.05, 4.69) is 5.43 Å². The van der Waals surface area contributed by atoms with Crippen molar-refractivity contribution in [3.8, 4) is 11.5 Å². The van der Waals surface area contributed by atoms with Crippen LogP contribution in [0.4, 0.5) is 0 Å². The molecule has 1 aromatic rings. The lowest BCUT2D eigenvalue weighted by molar-refractivity contribution is 0.175. The molecule has 2 rings (SSSR count). The number of ether oxygens (including phenoxy) is 3. The summed E-state index contributed by atoms with van der Waals surface area (Å²) < 4.78 is 16.3. The molecule has 1 saturated heterocycles. The molecule has 1 aromatic carbocycles. The maximum atomic E-state index is 5.72. The molecule has 5 nitrogen and oxygen atoms in total. The Morgan fingerprint density at radius 2 is 2.00 bits per heavy atom. The van der Waals surface area contributed by atoms with Crippen molar-refractivity contribution in [2.45, 2.75) is 12.5 Å². The molecular formula is C13H20N2O3. The van der Waals surface area contributed by atoms with Crippen LogP contribution in [0, 0.1) is 5.92 Å². The van der Waals surface area contributed by atoms with Crippen LogP contribution < -0.4 is 20.7 Å². The fourth-order valence-corrected chi connectivity index (χ4v) is 2.46. The van der Waals surface area contributed by atoms with Crippen LogP contribution in [-0.2, 0) is 4.74 Å². The van der Waals surface area contributed by atoms with Gasteiger partial charge in [-0.1, -0.05) is 6.07 Å². The Balaban J connectivity index is 2.38. The second-order valence-electron chi connectivity index (χ2n) is 4.34. The van der Waals surface area contributed by atoms with Gasteiger partial charge in [0.05, 0.1) is 32.4 Å². The van der Waals surface area contributed by atoms with Crippen LogP contribution >= 0.6 is 0 Å². The monoisotopic (exact) mass is 252 g/mol. The lowest BCUT2D eigenvalue weighted by Crippen LogP contribution is -2.34. The minimum absolute atomic E-state index is 0.0291. The van der Waals surface area contributed by atoms with Gasteiger partial charge in [-0.2, -0.15) is 0 Å². The third-order valence-electron chi connectivity index (χ3n) is 3.39. The predicted octanol–water partition coefficient (Wildman–Crippen LogP) is 1.24. The van der Waals surface area contributed by atoms with Gasteiger partial charge in [0, 0.05) is 12.5 Å². The van der Waals surface area contributed by atoms with Gasteiger partial charge in [0.25, 0.3) is 0 Å². The molecule has 0 bridgehead atoms. The third kappa shape index (κ3) is 2.43. The summed E-state index contributed by atoms with van der Waals surface area (Å²) in [6, 6.07) is 5.70. The van der Waals surface area contributed by atoms with Gasteiger partial charge in [0.2, 0.25) is 0 Å². The zero-order chi connectivity index (χ0) is 13.0. The second kappa shape index (κ2) is 6.04. The van der Waals surface area contributed by atoms with Crippen LogP contribution in [0.25, 0.3) is 0 Å². The van der Waals surface area contributed by atoms with Gasteiger partial charge in [0.15, 0.2) is 0 Å². The summed E-state index contributed by atoms with van der Waals surface area (Å²) in [5, 5.41) is 0. The second-order valence-corrected chi connectivity index (χ2v) is 4.34. The van der Waals surface area contributed by atoms with Crippen molar-refractivity contribution in [3.63, 3.8) is 0 Å². The van der Waals surface area contributed by atoms with Crippen molar-refractivity contribution < 1.29 is 14.2 Å². The molecule has 2 unspecified atom stereocenters. The average Bonchev–Trinajstić information content (AvgIpc) is 2.93. The molecule has 0 radical (unpaired) electrons. The number of hydrazine groups is 1. The molecule has 1 heterocycles. The fourth-order valence-electron chi connectivity index (χ4n) is 2.46. The van der Waals surface area contributed by atoms with Crippen LogP contribution in [0.3, 0.4) is 0 Å². The lowest BCUT2D eigenvalue weighted by atomic mass is 9.91. The normalized spacial score (nSPS) is 20.7. The number of hydrogen-bond donors (Lipinski definition) is 2. The summed E-state index contributed by atoms with van der Waals surface area (Å²) in [5.74, 6) is 7.61. The number of methoxy groups -OCH3 is 2. The van der Waals surface area contributed by atoms with Crippen molar-refractivity contribution in [3.05, 3.63) is 23.8 Å². The first-order valence-electron chi connectivity index (χ1n) is 6.06. The first kappa shape index (κ1) is 13.1. The van der Waals surface area contributed by atoms with E-state index in [9.17, 15) is 0 Å². The highest BCUT2D eigenvalue weighted by Crippen LogP contribution is 2.39. The Labute approximate surface area is 107 Å². The van der Waals surface area contributed by atoms with Gasteiger partial charge in [0.1, 0.15) is 11.5 Å². The van der Waals surface area contributed by atoms with Gasteiger partial charge in [-0.3, -0.25) is 11.3 Å². The molecule has 1 fully saturated rings. The van der Waals surface area contributed by atoms with Crippen LogP contribution in [-0.4, -0.2) is 27.4 Å². The summed E-state index contributed by atoms with van der Waals surface area (Å²) in [7, 11) is 3.30. The van der Waals surface area contributed by atoms with Crippen molar-refractivity contribution in [2.75, 3.05) is 27.4 Å². The van der Waals surface area contributed by atoms with Crippen LogP contribution in [0.5, 0.6) is 11.5 Å². The van der Waals surface area contributed by atoms with Crippen molar-refractivity contribution >= 4 is 0 Å². The summed E-state index contributed by atoms with van der Waals surface area (Å²) >= 11 is 0. The van der Waals surface area contributed by atoms with Crippen molar-refractivity contribution in [2.24, 2.45) is 11.8 Å². The Hall–Kier alpha value is -1.30. The van der Waals surface area contributed by atoms with E-state index in [1.165, 1.54) is 0 Å². The SMILES string of the molecule is COc1cccc(OC)c1C(NN)C1CCOC1. The highest BCUT2D eigenvalue weighted by atomic mass is 16.5. The summed E-state index contributed by atoms with van der Waals surface area (Å²) in [5.41, 5.74) is 3.83. The molecule has 0 aliphatic carbocycles. The van der Waals surface area contributed by atoms with Gasteiger partial charge < -0.3 is 14.2 Å². The highest BCUT2D eigenvalue weighted by Gasteiger charge is 2.30. The molecule has 1 aliphatic heterocycles. The number of benzene rings is 1. The zero-order valence-corrected chi connectivity index (χ0v) is 10.8. The molecule has 0 spiro atoms. The largest absolute Gasteiger partial charge is 0.496 e. The fraction of sp³-hybridized carbons (Fsp3) is 0.538. The van der Waals surface area contributed by atoms with E-state index in [-0.39, 0.29) is 6.04 Å². The number of nitrogens with two attached hydrogens (primary N) is 1. The molecule has 0 saturated carbocycles. The summed E-state index contributed by atoms with van der Waals surface area (Å²) in [4.78, 5) is 0. The molecule has 0 aromatic heterocycles. The standard InChI is InChI=1S/C13H20N2O3/c1-16-10-4-3-5-11(17-2)12(10)13(15-14)9-6-7-18-8-9/h3-5,9,13,15H,6-8,14H2,1-2H3. The number of hydrogen-bond acceptors (Lipinski definition) is 5. The first-order chi connectivity index (χ1) is 8.81. The molecule has 0 amide bonds. The first-order valence-corrected chi connectivity index (χ1v) is 6.06. The smallest absolute Gasteiger partial charge is 0.127 e. The Morgan fingerprint density at radius 1 is 1.33 bits per heavy atom. The van der Waals surface area contributed by atoms with Crippen LogP contribution in [0.2, 0.25) is 0 Å². The van der Waals surface area contributed by atoms with E-state index in [4.69, 9.17) is 20.1 Å². The van der Waals surface area contributed by atoms with Crippen molar-refractivity contribution in [1.82, 2.24) is 5.43 Å². The molecule has 5 heteroatoms. The Kier molecular flexibility index (Phi) is 4.41. The van der Waals surface area contributed by atoms with Gasteiger partial charge in [-0.15, -0.1) is 0 Å². The van der Waals surface area contributed by atoms with E-state index in [0.717, 1.165) is 30.1 Å². The zero-order valence-electron chi connectivity index (χ0n) is 10.8. The maximum Gasteiger partial charge on any atom is 0.127 e. The lowest BCUT2D eigenvalue weighted by Gasteiger charge is -2.25. The molecule has 100 valence electrons. The third-order valence-corrected chi connectivity index (χ3v) is 3.39. The quantitative estimate of drug-likeness (QED) is 0.610. The molecule has 3 N–H and O–H groups in total. The van der Waals surface area contributed by atoms with E-state index >= 15 is 0 Å². The predicted molar refractivity (Wildman–Crippen MR) is 68.5 cm³/mol. The molecule has 2 atom stereocenters. The van der Waals surface area contributed by atoms with E-state index in [1.54, 1.807) is 14.2 Å². The maximum absolute atomic E-state index is 5.72. The average molecular weight is 252 g/mol. The minimum atomic E-state index is -0.0291. The van der Waals surface area contributed by atoms with Crippen molar-refractivity contribution in [1.29, 1.82) is 0 Å². The minimum Gasteiger partial charge on any atom is -0.496 e. The number of rotatable bonds is 5. The van der Waals surface area contributed by atoms with E-state index in [0.29, 0.717) is 12.5 Å². The summed E-state index contributed by atoms with van der Waals surface area (Å²) in [6.07, 6.45) is 0.982. The van der Waals surface area contributed by atoms with Gasteiger partial charge in [-0.25, -0.2) is 0 Å². The molecule has 1 aliphatic rings. The van der Waals surface area contributed by atoms with E-state index < -0.39 is 0 Å². The Morgan fingerprint density at radius 3 is 2.44 bits per heavy atom. The molecule has 18 heavy (non-hydrogen) atoms. The van der Waals surface area contributed by atoms with Gasteiger partial charge >= 0.3 is 0 Å². The van der Waals surface area contributed by atoms with E-state index in [1.807, 2.05) is 18.2 Å². The van der Waals surface area contributed by atoms with Crippen LogP contribution in [0.15, 0.2) is 18.2 Å².